The topological polar surface area (TPSA) is 110 Å². The first-order valence-corrected chi connectivity index (χ1v) is 5.96. The molecule has 7 heteroatoms. The van der Waals surface area contributed by atoms with Crippen molar-refractivity contribution < 1.29 is 24.9 Å². The Balaban J connectivity index is 2.61. The van der Waals surface area contributed by atoms with Gasteiger partial charge in [0.25, 0.3) is 0 Å². The van der Waals surface area contributed by atoms with Crippen molar-refractivity contribution in [3.8, 4) is 5.75 Å². The molecule has 2 amide bonds. The van der Waals surface area contributed by atoms with E-state index in [1.54, 1.807) is 12.1 Å². The number of aliphatic hydroxyl groups is 1. The molecule has 1 atom stereocenters. The third-order valence-electron chi connectivity index (χ3n) is 2.67. The smallest absolute Gasteiger partial charge is 0.321 e. The van der Waals surface area contributed by atoms with Crippen molar-refractivity contribution >= 4 is 17.7 Å². The molecule has 0 radical (unpaired) electrons. The number of nitrogens with one attached hydrogen (secondary N) is 1. The Kier molecular flexibility index (Phi) is 4.93. The molecule has 1 aromatic carbocycles. The van der Waals surface area contributed by atoms with Crippen LogP contribution in [0.1, 0.15) is 13.3 Å². The van der Waals surface area contributed by atoms with E-state index in [2.05, 4.69) is 5.32 Å². The number of rotatable bonds is 5. The number of aliphatic carboxylic acids is 1. The van der Waals surface area contributed by atoms with Gasteiger partial charge in [-0.3, -0.25) is 9.69 Å². The van der Waals surface area contributed by atoms with Crippen LogP contribution in [0.5, 0.6) is 5.75 Å². The summed E-state index contributed by atoms with van der Waals surface area (Å²) < 4.78 is 0. The minimum atomic E-state index is -1.53. The van der Waals surface area contributed by atoms with Crippen LogP contribution in [0.3, 0.4) is 0 Å². The van der Waals surface area contributed by atoms with Gasteiger partial charge in [-0.1, -0.05) is 6.07 Å². The highest BCUT2D eigenvalue weighted by molar-refractivity contribution is 5.91. The normalized spacial score (nSPS) is 13.3. The van der Waals surface area contributed by atoms with E-state index in [4.69, 9.17) is 5.11 Å². The second-order valence-corrected chi connectivity index (χ2v) is 4.81. The predicted molar refractivity (Wildman–Crippen MR) is 72.8 cm³/mol. The monoisotopic (exact) mass is 282 g/mol. The van der Waals surface area contributed by atoms with Crippen molar-refractivity contribution in [3.05, 3.63) is 24.3 Å². The second kappa shape index (κ2) is 6.25. The van der Waals surface area contributed by atoms with Gasteiger partial charge in [0, 0.05) is 25.3 Å². The maximum Gasteiger partial charge on any atom is 0.321 e. The van der Waals surface area contributed by atoms with E-state index in [9.17, 15) is 19.8 Å². The quantitative estimate of drug-likeness (QED) is 0.637. The molecule has 0 fully saturated rings. The van der Waals surface area contributed by atoms with Gasteiger partial charge < -0.3 is 20.6 Å². The number of hydrogen-bond acceptors (Lipinski definition) is 4. The number of urea groups is 1. The fourth-order valence-electron chi connectivity index (χ4n) is 1.59. The second-order valence-electron chi connectivity index (χ2n) is 4.81. The molecular weight excluding hydrogens is 264 g/mol. The van der Waals surface area contributed by atoms with E-state index < -0.39 is 24.0 Å². The molecule has 0 aromatic heterocycles. The number of carboxylic acids is 1. The van der Waals surface area contributed by atoms with Crippen molar-refractivity contribution in [3.63, 3.8) is 0 Å². The van der Waals surface area contributed by atoms with E-state index in [0.717, 1.165) is 0 Å². The van der Waals surface area contributed by atoms with Crippen LogP contribution in [-0.4, -0.2) is 46.5 Å². The Morgan fingerprint density at radius 1 is 1.40 bits per heavy atom. The molecule has 7 nitrogen and oxygen atoms in total. The molecule has 1 rings (SSSR count). The molecular formula is C13H18N2O5. The van der Waals surface area contributed by atoms with Crippen molar-refractivity contribution in [2.45, 2.75) is 18.9 Å². The highest BCUT2D eigenvalue weighted by atomic mass is 16.4. The molecule has 0 bridgehead atoms. The number of phenolic OH excluding ortho intramolecular Hbond substituents is 1. The van der Waals surface area contributed by atoms with Gasteiger partial charge in [-0.2, -0.15) is 0 Å². The molecule has 0 aliphatic rings. The maximum absolute atomic E-state index is 11.9. The number of aromatic hydroxyl groups is 1. The van der Waals surface area contributed by atoms with Crippen LogP contribution in [0.2, 0.25) is 0 Å². The number of carbonyl (C=O) groups is 2. The van der Waals surface area contributed by atoms with Crippen LogP contribution in [0, 0.1) is 0 Å². The van der Waals surface area contributed by atoms with Crippen LogP contribution in [0.15, 0.2) is 24.3 Å². The number of carboxylic acid groups (broad SMARTS) is 1. The predicted octanol–water partition coefficient (Wildman–Crippen LogP) is 0.764. The van der Waals surface area contributed by atoms with Crippen molar-refractivity contribution in [2.75, 3.05) is 18.5 Å². The summed E-state index contributed by atoms with van der Waals surface area (Å²) in [6.45, 7) is 1.14. The van der Waals surface area contributed by atoms with Gasteiger partial charge in [-0.15, -0.1) is 0 Å². The molecule has 0 saturated heterocycles. The molecule has 1 unspecified atom stereocenters. The Morgan fingerprint density at radius 2 is 2.05 bits per heavy atom. The highest BCUT2D eigenvalue weighted by Crippen LogP contribution is 2.19. The first-order chi connectivity index (χ1) is 9.21. The average Bonchev–Trinajstić information content (AvgIpc) is 2.33. The summed E-state index contributed by atoms with van der Waals surface area (Å²) in [6, 6.07) is 5.60. The van der Waals surface area contributed by atoms with Gasteiger partial charge in [-0.25, -0.2) is 4.79 Å². The maximum atomic E-state index is 11.9. The van der Waals surface area contributed by atoms with Gasteiger partial charge in [0.05, 0.1) is 12.0 Å². The third-order valence-corrected chi connectivity index (χ3v) is 2.67. The SMILES string of the molecule is CN(C(=O)NCC(C)(O)CC(=O)O)c1cccc(O)c1. The molecule has 4 N–H and O–H groups in total. The standard InChI is InChI=1S/C13H18N2O5/c1-13(20,7-11(17)18)8-14-12(19)15(2)9-4-3-5-10(16)6-9/h3-6,16,20H,7-8H2,1-2H3,(H,14,19)(H,17,18). The Hall–Kier alpha value is -2.28. The van der Waals surface area contributed by atoms with Gasteiger partial charge in [-0.05, 0) is 19.1 Å². The fraction of sp³-hybridized carbons (Fsp3) is 0.385. The lowest BCUT2D eigenvalue weighted by atomic mass is 10.0. The number of nitrogens with zero attached hydrogens (tertiary/aromatic N) is 1. The van der Waals surface area contributed by atoms with Gasteiger partial charge in [0.15, 0.2) is 0 Å². The first-order valence-electron chi connectivity index (χ1n) is 5.96. The zero-order valence-electron chi connectivity index (χ0n) is 11.3. The zero-order valence-corrected chi connectivity index (χ0v) is 11.3. The zero-order chi connectivity index (χ0) is 15.3. The van der Waals surface area contributed by atoms with E-state index in [1.165, 1.54) is 31.0 Å². The lowest BCUT2D eigenvalue weighted by molar-refractivity contribution is -0.141. The van der Waals surface area contributed by atoms with E-state index in [1.807, 2.05) is 0 Å². The van der Waals surface area contributed by atoms with Crippen molar-refractivity contribution in [1.82, 2.24) is 5.32 Å². The average molecular weight is 282 g/mol. The summed E-state index contributed by atoms with van der Waals surface area (Å²) >= 11 is 0. The Morgan fingerprint density at radius 3 is 2.60 bits per heavy atom. The number of phenols is 1. The van der Waals surface area contributed by atoms with Crippen LogP contribution in [-0.2, 0) is 4.79 Å². The summed E-state index contributed by atoms with van der Waals surface area (Å²) in [4.78, 5) is 23.7. The number of benzene rings is 1. The summed E-state index contributed by atoms with van der Waals surface area (Å²) in [5, 5.41) is 30.2. The lowest BCUT2D eigenvalue weighted by Crippen LogP contribution is -2.46. The number of carbonyl (C=O) groups excluding carboxylic acids is 1. The largest absolute Gasteiger partial charge is 0.508 e. The third kappa shape index (κ3) is 4.77. The molecule has 0 aliphatic heterocycles. The van der Waals surface area contributed by atoms with Gasteiger partial charge in [0.1, 0.15) is 5.75 Å². The fourth-order valence-corrected chi connectivity index (χ4v) is 1.59. The number of hydrogen-bond donors (Lipinski definition) is 4. The molecule has 0 heterocycles. The summed E-state index contributed by atoms with van der Waals surface area (Å²) in [5.74, 6) is -1.12. The minimum absolute atomic E-state index is 0.0278. The van der Waals surface area contributed by atoms with Crippen LogP contribution < -0.4 is 10.2 Å². The Bertz CT molecular complexity index is 501. The molecule has 110 valence electrons. The number of anilines is 1. The summed E-state index contributed by atoms with van der Waals surface area (Å²) in [7, 11) is 1.50. The molecule has 20 heavy (non-hydrogen) atoms. The van der Waals surface area contributed by atoms with Gasteiger partial charge in [0.2, 0.25) is 0 Å². The molecule has 0 aliphatic carbocycles. The summed E-state index contributed by atoms with van der Waals surface area (Å²) in [5.41, 5.74) is -1.05. The minimum Gasteiger partial charge on any atom is -0.508 e. The highest BCUT2D eigenvalue weighted by Gasteiger charge is 2.25. The van der Waals surface area contributed by atoms with E-state index >= 15 is 0 Å². The Labute approximate surface area is 116 Å². The van der Waals surface area contributed by atoms with E-state index in [0.29, 0.717) is 5.69 Å². The summed E-state index contributed by atoms with van der Waals surface area (Å²) in [6.07, 6.45) is -0.469. The van der Waals surface area contributed by atoms with Crippen LogP contribution in [0.25, 0.3) is 0 Å². The van der Waals surface area contributed by atoms with Crippen LogP contribution >= 0.6 is 0 Å². The first kappa shape index (κ1) is 15.8. The van der Waals surface area contributed by atoms with E-state index in [-0.39, 0.29) is 12.3 Å². The van der Waals surface area contributed by atoms with Crippen LogP contribution in [0.4, 0.5) is 10.5 Å². The van der Waals surface area contributed by atoms with Crippen molar-refractivity contribution in [1.29, 1.82) is 0 Å². The molecule has 0 saturated carbocycles. The number of amides is 2. The van der Waals surface area contributed by atoms with Crippen molar-refractivity contribution in [2.24, 2.45) is 0 Å². The molecule has 1 aromatic rings. The molecule has 0 spiro atoms. The lowest BCUT2D eigenvalue weighted by Gasteiger charge is -2.24. The van der Waals surface area contributed by atoms with Gasteiger partial charge >= 0.3 is 12.0 Å².